The molecular weight excluding hydrogens is 309 g/mol. The number of rotatable bonds is 9. The number of hydrogen-bond donors (Lipinski definition) is 1. The van der Waals surface area contributed by atoms with Crippen molar-refractivity contribution >= 4 is 16.7 Å². The summed E-state index contributed by atoms with van der Waals surface area (Å²) in [5.74, 6) is -0.190. The van der Waals surface area contributed by atoms with Gasteiger partial charge in [-0.15, -0.1) is 0 Å². The predicted molar refractivity (Wildman–Crippen MR) is 83.8 cm³/mol. The van der Waals surface area contributed by atoms with Crippen LogP contribution in [0, 0.1) is 5.82 Å². The molecule has 5 nitrogen and oxygen atoms in total. The van der Waals surface area contributed by atoms with Crippen LogP contribution in [-0.4, -0.2) is 42.7 Å². The molecule has 1 amide bonds. The highest BCUT2D eigenvalue weighted by atomic mass is 32.2. The van der Waals surface area contributed by atoms with Crippen molar-refractivity contribution in [2.75, 3.05) is 27.4 Å². The van der Waals surface area contributed by atoms with Crippen molar-refractivity contribution in [3.8, 4) is 5.75 Å². The maximum atomic E-state index is 13.3. The van der Waals surface area contributed by atoms with E-state index in [0.29, 0.717) is 30.9 Å². The summed E-state index contributed by atoms with van der Waals surface area (Å²) in [5, 5.41) is 2.02. The van der Waals surface area contributed by atoms with Crippen molar-refractivity contribution in [3.05, 3.63) is 29.6 Å². The van der Waals surface area contributed by atoms with Crippen LogP contribution >= 0.6 is 0 Å². The van der Waals surface area contributed by atoms with Crippen LogP contribution in [0.5, 0.6) is 5.75 Å². The van der Waals surface area contributed by atoms with Crippen LogP contribution < -0.4 is 10.1 Å². The van der Waals surface area contributed by atoms with Crippen LogP contribution in [0.4, 0.5) is 4.39 Å². The summed E-state index contributed by atoms with van der Waals surface area (Å²) in [5.41, 5.74) is 0.486. The fraction of sp³-hybridized carbons (Fsp3) is 0.533. The fourth-order valence-electron chi connectivity index (χ4n) is 1.83. The molecule has 0 aromatic heterocycles. The van der Waals surface area contributed by atoms with Gasteiger partial charge in [0.2, 0.25) is 5.91 Å². The van der Waals surface area contributed by atoms with Crippen molar-refractivity contribution in [2.24, 2.45) is 0 Å². The lowest BCUT2D eigenvalue weighted by Gasteiger charge is -2.13. The Labute approximate surface area is 132 Å². The number of benzene rings is 1. The maximum Gasteiger partial charge on any atom is 0.235 e. The van der Waals surface area contributed by atoms with Crippen molar-refractivity contribution < 1.29 is 22.9 Å². The number of halogens is 1. The normalized spacial score (nSPS) is 13.5. The van der Waals surface area contributed by atoms with E-state index in [-0.39, 0.29) is 11.7 Å². The lowest BCUT2D eigenvalue weighted by Crippen LogP contribution is -2.36. The number of hydrogen-bond acceptors (Lipinski definition) is 4. The number of carbonyl (C=O) groups excluding carboxylic acids is 1. The van der Waals surface area contributed by atoms with Crippen LogP contribution in [0.25, 0.3) is 0 Å². The van der Waals surface area contributed by atoms with Crippen LogP contribution in [0.2, 0.25) is 0 Å². The summed E-state index contributed by atoms with van der Waals surface area (Å²) in [7, 11) is 1.59. The van der Waals surface area contributed by atoms with E-state index in [1.807, 2.05) is 0 Å². The largest absolute Gasteiger partial charge is 0.496 e. The molecule has 0 aliphatic carbocycles. The zero-order valence-corrected chi connectivity index (χ0v) is 13.9. The van der Waals surface area contributed by atoms with Crippen molar-refractivity contribution in [1.82, 2.24) is 5.32 Å². The summed E-state index contributed by atoms with van der Waals surface area (Å²) in [6.07, 6.45) is 0.694. The molecule has 0 unspecified atom stereocenters. The minimum Gasteiger partial charge on any atom is -0.496 e. The van der Waals surface area contributed by atoms with Crippen molar-refractivity contribution in [2.45, 2.75) is 24.3 Å². The summed E-state index contributed by atoms with van der Waals surface area (Å²) in [6, 6.07) is 4.04. The Kier molecular flexibility index (Phi) is 8.05. The summed E-state index contributed by atoms with van der Waals surface area (Å²) in [6.45, 7) is 2.61. The van der Waals surface area contributed by atoms with E-state index in [0.717, 1.165) is 0 Å². The smallest absolute Gasteiger partial charge is 0.235 e. The molecule has 0 saturated heterocycles. The summed E-state index contributed by atoms with van der Waals surface area (Å²) < 4.78 is 35.6. The van der Waals surface area contributed by atoms with Gasteiger partial charge in [0.1, 0.15) is 16.8 Å². The first kappa shape index (κ1) is 18.6. The standard InChI is InChI=1S/C15H22FNO4S/c1-11(15(18)17-7-4-8-20-2)22(19)10-12-9-13(16)5-6-14(12)21-3/h5-6,9,11H,4,7-8,10H2,1-3H3,(H,17,18)/t11-,22-/m0/s1. The van der Waals surface area contributed by atoms with Gasteiger partial charge in [-0.2, -0.15) is 0 Å². The van der Waals surface area contributed by atoms with Gasteiger partial charge < -0.3 is 14.8 Å². The Morgan fingerprint density at radius 1 is 1.41 bits per heavy atom. The lowest BCUT2D eigenvalue weighted by molar-refractivity contribution is -0.120. The highest BCUT2D eigenvalue weighted by Gasteiger charge is 2.21. The molecule has 22 heavy (non-hydrogen) atoms. The SMILES string of the molecule is COCCCNC(=O)[C@H](C)[S@@](=O)Cc1cc(F)ccc1OC. The monoisotopic (exact) mass is 331 g/mol. The zero-order chi connectivity index (χ0) is 16.5. The maximum absolute atomic E-state index is 13.3. The Hall–Kier alpha value is -1.47. The molecule has 0 saturated carbocycles. The van der Waals surface area contributed by atoms with Crippen LogP contribution in [0.3, 0.4) is 0 Å². The third kappa shape index (κ3) is 5.73. The van der Waals surface area contributed by atoms with E-state index in [2.05, 4.69) is 5.32 Å². The lowest BCUT2D eigenvalue weighted by atomic mass is 10.2. The van der Waals surface area contributed by atoms with Crippen LogP contribution in [0.15, 0.2) is 18.2 Å². The van der Waals surface area contributed by atoms with Gasteiger partial charge in [-0.05, 0) is 31.5 Å². The zero-order valence-electron chi connectivity index (χ0n) is 13.1. The molecule has 1 rings (SSSR count). The first-order chi connectivity index (χ1) is 10.5. The van der Waals surface area contributed by atoms with Gasteiger partial charge >= 0.3 is 0 Å². The van der Waals surface area contributed by atoms with Gasteiger partial charge in [0.05, 0.1) is 12.9 Å². The molecule has 0 spiro atoms. The molecule has 0 aliphatic rings. The highest BCUT2D eigenvalue weighted by molar-refractivity contribution is 7.85. The molecule has 1 aromatic rings. The Morgan fingerprint density at radius 2 is 2.14 bits per heavy atom. The van der Waals surface area contributed by atoms with E-state index < -0.39 is 21.9 Å². The molecule has 7 heteroatoms. The average molecular weight is 331 g/mol. The Bertz CT molecular complexity index is 524. The van der Waals surface area contributed by atoms with Gasteiger partial charge in [0.15, 0.2) is 0 Å². The average Bonchev–Trinajstić information content (AvgIpc) is 2.50. The van der Waals surface area contributed by atoms with Crippen molar-refractivity contribution in [1.29, 1.82) is 0 Å². The summed E-state index contributed by atoms with van der Waals surface area (Å²) in [4.78, 5) is 11.9. The number of ether oxygens (including phenoxy) is 2. The number of amides is 1. The first-order valence-electron chi connectivity index (χ1n) is 6.95. The second kappa shape index (κ2) is 9.53. The molecule has 0 aliphatic heterocycles. The number of carbonyl (C=O) groups is 1. The molecule has 0 heterocycles. The Balaban J connectivity index is 2.60. The van der Waals surface area contributed by atoms with E-state index in [1.54, 1.807) is 14.0 Å². The molecule has 1 N–H and O–H groups in total. The second-order valence-corrected chi connectivity index (χ2v) is 6.52. The van der Waals surface area contributed by atoms with E-state index in [4.69, 9.17) is 9.47 Å². The predicted octanol–water partition coefficient (Wildman–Crippen LogP) is 1.62. The molecule has 0 fully saturated rings. The van der Waals surface area contributed by atoms with Crippen molar-refractivity contribution in [3.63, 3.8) is 0 Å². The fourth-order valence-corrected chi connectivity index (χ4v) is 2.93. The molecule has 0 radical (unpaired) electrons. The molecule has 0 bridgehead atoms. The van der Waals surface area contributed by atoms with Gasteiger partial charge in [-0.3, -0.25) is 9.00 Å². The number of methoxy groups -OCH3 is 2. The van der Waals surface area contributed by atoms with Gasteiger partial charge in [0, 0.05) is 36.6 Å². The third-order valence-corrected chi connectivity index (χ3v) is 4.73. The molecule has 2 atom stereocenters. The van der Waals surface area contributed by atoms with E-state index >= 15 is 0 Å². The molecule has 1 aromatic carbocycles. The molecular formula is C15H22FNO4S. The topological polar surface area (TPSA) is 64.6 Å². The van der Waals surface area contributed by atoms with Gasteiger partial charge in [-0.25, -0.2) is 4.39 Å². The van der Waals surface area contributed by atoms with Crippen LogP contribution in [-0.2, 0) is 26.1 Å². The highest BCUT2D eigenvalue weighted by Crippen LogP contribution is 2.21. The van der Waals surface area contributed by atoms with E-state index in [1.165, 1.54) is 25.3 Å². The number of nitrogens with one attached hydrogen (secondary N) is 1. The third-order valence-electron chi connectivity index (χ3n) is 3.13. The van der Waals surface area contributed by atoms with Crippen LogP contribution in [0.1, 0.15) is 18.9 Å². The van der Waals surface area contributed by atoms with Gasteiger partial charge in [0.25, 0.3) is 0 Å². The minimum atomic E-state index is -1.46. The van der Waals surface area contributed by atoms with Gasteiger partial charge in [-0.1, -0.05) is 0 Å². The molecule has 124 valence electrons. The summed E-state index contributed by atoms with van der Waals surface area (Å²) >= 11 is 0. The minimum absolute atomic E-state index is 0.0631. The second-order valence-electron chi connectivity index (χ2n) is 4.76. The van der Waals surface area contributed by atoms with E-state index in [9.17, 15) is 13.4 Å². The first-order valence-corrected chi connectivity index (χ1v) is 8.34. The Morgan fingerprint density at radius 3 is 2.77 bits per heavy atom. The quantitative estimate of drug-likeness (QED) is 0.699.